The number of thioether (sulfide) groups is 1. The number of nitrogens with one attached hydrogen (secondary N) is 2. The van der Waals surface area contributed by atoms with Gasteiger partial charge < -0.3 is 20.5 Å². The Hall–Kier alpha value is -1.31. The quantitative estimate of drug-likeness (QED) is 0.534. The Kier molecular flexibility index (Phi) is 8.50. The van der Waals surface area contributed by atoms with E-state index in [0.717, 1.165) is 37.0 Å². The molecule has 2 fully saturated rings. The lowest BCUT2D eigenvalue weighted by molar-refractivity contribution is -0.135. The molecule has 2 saturated heterocycles. The van der Waals surface area contributed by atoms with Crippen LogP contribution in [0.25, 0.3) is 0 Å². The van der Waals surface area contributed by atoms with Crippen LogP contribution in [-0.4, -0.2) is 46.5 Å². The first-order valence-corrected chi connectivity index (χ1v) is 13.0. The van der Waals surface area contributed by atoms with Crippen molar-refractivity contribution in [3.63, 3.8) is 0 Å². The van der Waals surface area contributed by atoms with Crippen molar-refractivity contribution < 1.29 is 19.4 Å². The first-order valence-electron chi connectivity index (χ1n) is 12.0. The number of carbonyl (C=O) groups excluding carboxylic acids is 2. The van der Waals surface area contributed by atoms with Crippen molar-refractivity contribution in [2.75, 3.05) is 0 Å². The monoisotopic (exact) mass is 464 g/mol. The average molecular weight is 465 g/mol. The van der Waals surface area contributed by atoms with E-state index in [0.29, 0.717) is 18.2 Å². The molecule has 3 aliphatic rings. The number of rotatable bonds is 2. The predicted molar refractivity (Wildman–Crippen MR) is 129 cm³/mol. The van der Waals surface area contributed by atoms with E-state index in [9.17, 15) is 14.7 Å². The molecule has 0 aliphatic carbocycles. The molecular weight excluding hydrogens is 424 g/mol. The number of ketones is 1. The predicted octanol–water partition coefficient (Wildman–Crippen LogP) is 4.05. The lowest BCUT2D eigenvalue weighted by Gasteiger charge is -2.29. The maximum absolute atomic E-state index is 13.0. The lowest BCUT2D eigenvalue weighted by Crippen LogP contribution is -2.40. The Labute approximate surface area is 197 Å². The van der Waals surface area contributed by atoms with E-state index in [-0.39, 0.29) is 36.4 Å². The molecule has 3 N–H and O–H groups in total. The Bertz CT molecular complexity index is 763. The van der Waals surface area contributed by atoms with Gasteiger partial charge in [-0.3, -0.25) is 9.59 Å². The molecule has 0 aromatic heterocycles. The summed E-state index contributed by atoms with van der Waals surface area (Å²) in [6, 6.07) is -0.0893. The fourth-order valence-corrected chi connectivity index (χ4v) is 5.38. The number of hydrogen-bond acceptors (Lipinski definition) is 6. The van der Waals surface area contributed by atoms with Gasteiger partial charge in [0.1, 0.15) is 5.78 Å². The molecule has 6 nitrogen and oxygen atoms in total. The number of epoxide rings is 1. The van der Waals surface area contributed by atoms with Crippen molar-refractivity contribution >= 4 is 23.5 Å². The molecule has 3 aliphatic heterocycles. The minimum absolute atomic E-state index is 0.0361. The third-order valence-electron chi connectivity index (χ3n) is 7.07. The van der Waals surface area contributed by atoms with Gasteiger partial charge in [-0.25, -0.2) is 0 Å². The molecule has 6 atom stereocenters. The van der Waals surface area contributed by atoms with Crippen LogP contribution in [0.3, 0.4) is 0 Å². The van der Waals surface area contributed by atoms with Crippen LogP contribution >= 0.6 is 11.8 Å². The summed E-state index contributed by atoms with van der Waals surface area (Å²) in [6.07, 6.45) is 6.84. The zero-order chi connectivity index (χ0) is 23.5. The highest BCUT2D eigenvalue weighted by atomic mass is 32.2. The van der Waals surface area contributed by atoms with Crippen molar-refractivity contribution in [1.29, 1.82) is 0 Å². The van der Waals surface area contributed by atoms with Gasteiger partial charge in [-0.2, -0.15) is 0 Å². The molecule has 0 aromatic rings. The number of hydrogen-bond donors (Lipinski definition) is 3. The van der Waals surface area contributed by atoms with Crippen LogP contribution in [0, 0.1) is 11.3 Å². The van der Waals surface area contributed by atoms with Crippen LogP contribution in [-0.2, 0) is 14.3 Å². The summed E-state index contributed by atoms with van der Waals surface area (Å²) in [5.74, 6) is -0.428. The zero-order valence-electron chi connectivity index (χ0n) is 20.1. The van der Waals surface area contributed by atoms with E-state index in [1.54, 1.807) is 11.8 Å². The highest BCUT2D eigenvalue weighted by Gasteiger charge is 2.41. The van der Waals surface area contributed by atoms with Crippen LogP contribution in [0.1, 0.15) is 79.6 Å². The molecule has 0 radical (unpaired) electrons. The van der Waals surface area contributed by atoms with Gasteiger partial charge in [0.05, 0.1) is 29.7 Å². The first kappa shape index (κ1) is 25.3. The number of amides is 1. The van der Waals surface area contributed by atoms with Crippen molar-refractivity contribution in [3.8, 4) is 0 Å². The number of aliphatic hydroxyl groups excluding tert-OH is 1. The topological polar surface area (TPSA) is 91.0 Å². The van der Waals surface area contributed by atoms with Crippen LogP contribution in [0.4, 0.5) is 0 Å². The lowest BCUT2D eigenvalue weighted by atomic mass is 9.76. The molecule has 1 amide bonds. The second-order valence-corrected chi connectivity index (χ2v) is 11.6. The Balaban J connectivity index is 1.72. The standard InChI is InChI=1S/C25H40N2O4S/c1-15(12-18-14-32-17(3)26-18)19-13-22-21(31-22)9-7-6-8-20(28)16(2)24(30)25(4,5)11-10-23(29)27-19/h12,14,16-17,19-22,26,28H,6-11,13H2,1-5H3,(H,27,29)/b15-12+/t16-,17?,19?,20?,21?,22?/m1/s1. The van der Waals surface area contributed by atoms with Gasteiger partial charge in [0.25, 0.3) is 0 Å². The Morgan fingerprint density at radius 2 is 1.91 bits per heavy atom. The fourth-order valence-electron chi connectivity index (χ4n) is 4.69. The molecule has 32 heavy (non-hydrogen) atoms. The van der Waals surface area contributed by atoms with Crippen molar-refractivity contribution in [1.82, 2.24) is 10.6 Å². The van der Waals surface area contributed by atoms with Gasteiger partial charge in [0.15, 0.2) is 0 Å². The van der Waals surface area contributed by atoms with Crippen molar-refractivity contribution in [2.45, 2.75) is 109 Å². The molecule has 3 rings (SSSR count). The molecule has 180 valence electrons. The molecule has 0 aromatic carbocycles. The average Bonchev–Trinajstić information content (AvgIpc) is 3.35. The molecule has 7 heteroatoms. The maximum Gasteiger partial charge on any atom is 0.220 e. The minimum Gasteiger partial charge on any atom is -0.392 e. The van der Waals surface area contributed by atoms with E-state index >= 15 is 0 Å². The normalized spacial score (nSPS) is 37.2. The summed E-state index contributed by atoms with van der Waals surface area (Å²) in [5.41, 5.74) is 1.54. The number of carbonyl (C=O) groups is 2. The Morgan fingerprint density at radius 3 is 2.59 bits per heavy atom. The van der Waals surface area contributed by atoms with Crippen molar-refractivity contribution in [3.05, 3.63) is 22.8 Å². The molecule has 0 bridgehead atoms. The number of allylic oxidation sites excluding steroid dienone is 1. The van der Waals surface area contributed by atoms with E-state index in [1.807, 2.05) is 20.8 Å². The molecular formula is C25H40N2O4S. The third kappa shape index (κ3) is 6.84. The van der Waals surface area contributed by atoms with Gasteiger partial charge in [-0.1, -0.05) is 33.6 Å². The first-order chi connectivity index (χ1) is 15.1. The summed E-state index contributed by atoms with van der Waals surface area (Å²) >= 11 is 1.75. The number of Topliss-reactive ketones (excluding diaryl/α,β-unsaturated/α-hetero) is 1. The van der Waals surface area contributed by atoms with E-state index < -0.39 is 17.4 Å². The zero-order valence-corrected chi connectivity index (χ0v) is 21.0. The van der Waals surface area contributed by atoms with Crippen LogP contribution in [0.5, 0.6) is 0 Å². The second kappa shape index (κ2) is 10.7. The van der Waals surface area contributed by atoms with Gasteiger partial charge in [-0.15, -0.1) is 11.8 Å². The number of ether oxygens (including phenoxy) is 1. The largest absolute Gasteiger partial charge is 0.392 e. The molecule has 5 unspecified atom stereocenters. The number of aliphatic hydroxyl groups is 1. The van der Waals surface area contributed by atoms with E-state index in [2.05, 4.69) is 36.0 Å². The van der Waals surface area contributed by atoms with E-state index in [4.69, 9.17) is 4.74 Å². The van der Waals surface area contributed by atoms with E-state index in [1.165, 1.54) is 0 Å². The van der Waals surface area contributed by atoms with Crippen LogP contribution in [0.2, 0.25) is 0 Å². The van der Waals surface area contributed by atoms with Gasteiger partial charge >= 0.3 is 0 Å². The van der Waals surface area contributed by atoms with Gasteiger partial charge in [-0.05, 0) is 50.2 Å². The summed E-state index contributed by atoms with van der Waals surface area (Å²) < 4.78 is 5.91. The molecule has 3 heterocycles. The second-order valence-electron chi connectivity index (χ2n) is 10.3. The SMILES string of the molecule is C/C(=C\C1=CSC(C)N1)C1CC2OC2CCCCC(O)[C@@H](C)C(=O)C(C)(C)CCC(=O)N1. The summed E-state index contributed by atoms with van der Waals surface area (Å²) in [7, 11) is 0. The minimum atomic E-state index is -0.647. The summed E-state index contributed by atoms with van der Waals surface area (Å²) in [4.78, 5) is 25.9. The van der Waals surface area contributed by atoms with Crippen LogP contribution < -0.4 is 10.6 Å². The smallest absolute Gasteiger partial charge is 0.220 e. The molecule has 0 saturated carbocycles. The van der Waals surface area contributed by atoms with Gasteiger partial charge in [0.2, 0.25) is 5.91 Å². The Morgan fingerprint density at radius 1 is 1.19 bits per heavy atom. The van der Waals surface area contributed by atoms with Crippen molar-refractivity contribution in [2.24, 2.45) is 11.3 Å². The third-order valence-corrected chi connectivity index (χ3v) is 7.98. The maximum atomic E-state index is 13.0. The molecule has 0 spiro atoms. The van der Waals surface area contributed by atoms with Gasteiger partial charge in [0, 0.05) is 29.9 Å². The summed E-state index contributed by atoms with van der Waals surface area (Å²) in [5, 5.41) is 19.6. The highest BCUT2D eigenvalue weighted by Crippen LogP contribution is 2.34. The number of fused-ring (bicyclic) bond motifs is 1. The highest BCUT2D eigenvalue weighted by molar-refractivity contribution is 8.02. The fraction of sp³-hybridized carbons (Fsp3) is 0.760. The van der Waals surface area contributed by atoms with Crippen LogP contribution in [0.15, 0.2) is 22.8 Å². The summed E-state index contributed by atoms with van der Waals surface area (Å²) in [6.45, 7) is 9.77.